The monoisotopic (exact) mass is 433 g/mol. The van der Waals surface area contributed by atoms with E-state index in [0.717, 1.165) is 0 Å². The van der Waals surface area contributed by atoms with Crippen molar-refractivity contribution in [1.29, 1.82) is 0 Å². The molecule has 3 aromatic rings. The van der Waals surface area contributed by atoms with Crippen LogP contribution in [-0.2, 0) is 0 Å². The van der Waals surface area contributed by atoms with Crippen LogP contribution in [0, 0.1) is 5.82 Å². The Morgan fingerprint density at radius 2 is 1.53 bits per heavy atom. The van der Waals surface area contributed by atoms with Gasteiger partial charge in [-0.25, -0.2) is 4.39 Å². The van der Waals surface area contributed by atoms with Gasteiger partial charge in [-0.05, 0) is 48.5 Å². The molecule has 1 fully saturated rings. The highest BCUT2D eigenvalue weighted by molar-refractivity contribution is 6.09. The predicted octanol–water partition coefficient (Wildman–Crippen LogP) is 4.05. The van der Waals surface area contributed by atoms with Crippen LogP contribution in [0.1, 0.15) is 20.7 Å². The Kier molecular flexibility index (Phi) is 6.35. The highest BCUT2D eigenvalue weighted by atomic mass is 19.1. The first-order chi connectivity index (χ1) is 15.6. The van der Waals surface area contributed by atoms with Gasteiger partial charge in [-0.3, -0.25) is 9.59 Å². The second-order valence-electron chi connectivity index (χ2n) is 7.46. The second-order valence-corrected chi connectivity index (χ2v) is 7.46. The molecule has 1 N–H and O–H groups in total. The summed E-state index contributed by atoms with van der Waals surface area (Å²) in [5.74, 6) is -0.0772. The number of carbonyl (C=O) groups is 2. The summed E-state index contributed by atoms with van der Waals surface area (Å²) in [6.07, 6.45) is 0. The molecule has 0 saturated carbocycles. The first-order valence-corrected chi connectivity index (χ1v) is 10.4. The van der Waals surface area contributed by atoms with Crippen molar-refractivity contribution in [2.24, 2.45) is 0 Å². The van der Waals surface area contributed by atoms with Crippen molar-refractivity contribution in [2.75, 3.05) is 43.5 Å². The standard InChI is InChI=1S/C25H24FN3O3/c1-32-19-12-10-18(11-13-19)24(30)27-22-8-4-2-6-20(22)25(31)29-16-14-28(15-17-29)23-9-5-3-7-21(23)26/h2-13H,14-17H2,1H3,(H,27,30). The summed E-state index contributed by atoms with van der Waals surface area (Å²) in [7, 11) is 1.56. The number of benzene rings is 3. The molecule has 0 unspecified atom stereocenters. The third kappa shape index (κ3) is 4.56. The van der Waals surface area contributed by atoms with Gasteiger partial charge in [0.25, 0.3) is 11.8 Å². The molecule has 6 nitrogen and oxygen atoms in total. The van der Waals surface area contributed by atoms with Crippen LogP contribution in [0.2, 0.25) is 0 Å². The molecule has 0 spiro atoms. The van der Waals surface area contributed by atoms with Gasteiger partial charge in [-0.15, -0.1) is 0 Å². The van der Waals surface area contributed by atoms with E-state index in [1.165, 1.54) is 6.07 Å². The van der Waals surface area contributed by atoms with Crippen molar-refractivity contribution in [2.45, 2.75) is 0 Å². The van der Waals surface area contributed by atoms with E-state index in [1.54, 1.807) is 78.7 Å². The summed E-state index contributed by atoms with van der Waals surface area (Å²) in [4.78, 5) is 29.5. The largest absolute Gasteiger partial charge is 0.497 e. The first-order valence-electron chi connectivity index (χ1n) is 10.4. The maximum absolute atomic E-state index is 14.1. The molecule has 0 atom stereocenters. The van der Waals surface area contributed by atoms with Gasteiger partial charge < -0.3 is 19.9 Å². The van der Waals surface area contributed by atoms with E-state index < -0.39 is 0 Å². The fraction of sp³-hybridized carbons (Fsp3) is 0.200. The molecule has 1 aliphatic rings. The van der Waals surface area contributed by atoms with Gasteiger partial charge >= 0.3 is 0 Å². The maximum atomic E-state index is 14.1. The number of nitrogens with zero attached hydrogens (tertiary/aromatic N) is 2. The van der Waals surface area contributed by atoms with Crippen LogP contribution < -0.4 is 15.0 Å². The Balaban J connectivity index is 1.44. The minimum atomic E-state index is -0.308. The van der Waals surface area contributed by atoms with Gasteiger partial charge in [-0.1, -0.05) is 24.3 Å². The van der Waals surface area contributed by atoms with Gasteiger partial charge in [0.2, 0.25) is 0 Å². The van der Waals surface area contributed by atoms with Crippen molar-refractivity contribution in [3.05, 3.63) is 89.7 Å². The number of methoxy groups -OCH3 is 1. The first kappa shape index (κ1) is 21.4. The Morgan fingerprint density at radius 1 is 0.875 bits per heavy atom. The number of hydrogen-bond acceptors (Lipinski definition) is 4. The van der Waals surface area contributed by atoms with E-state index in [4.69, 9.17) is 4.74 Å². The number of carbonyl (C=O) groups excluding carboxylic acids is 2. The quantitative estimate of drug-likeness (QED) is 0.660. The van der Waals surface area contributed by atoms with Gasteiger partial charge in [0.05, 0.1) is 24.0 Å². The van der Waals surface area contributed by atoms with E-state index in [0.29, 0.717) is 54.4 Å². The number of halogens is 1. The van der Waals surface area contributed by atoms with Gasteiger partial charge in [-0.2, -0.15) is 0 Å². The molecule has 0 aromatic heterocycles. The number of rotatable bonds is 5. The Labute approximate surface area is 186 Å². The Hall–Kier alpha value is -3.87. The van der Waals surface area contributed by atoms with Crippen LogP contribution in [0.4, 0.5) is 15.8 Å². The van der Waals surface area contributed by atoms with Crippen LogP contribution >= 0.6 is 0 Å². The Bertz CT molecular complexity index is 1110. The highest BCUT2D eigenvalue weighted by Crippen LogP contribution is 2.23. The number of amides is 2. The van der Waals surface area contributed by atoms with Gasteiger partial charge in [0, 0.05) is 31.7 Å². The fourth-order valence-electron chi connectivity index (χ4n) is 3.74. The zero-order chi connectivity index (χ0) is 22.5. The summed E-state index contributed by atoms with van der Waals surface area (Å²) in [6, 6.07) is 20.4. The lowest BCUT2D eigenvalue weighted by Gasteiger charge is -2.36. The number of piperazine rings is 1. The summed E-state index contributed by atoms with van der Waals surface area (Å²) in [5.41, 5.74) is 1.89. The number of para-hydroxylation sites is 2. The molecule has 0 bridgehead atoms. The van der Waals surface area contributed by atoms with Crippen molar-refractivity contribution >= 4 is 23.2 Å². The molecule has 2 amide bonds. The van der Waals surface area contributed by atoms with Crippen LogP contribution in [0.25, 0.3) is 0 Å². The molecule has 0 radical (unpaired) electrons. The number of nitrogens with one attached hydrogen (secondary N) is 1. The van der Waals surface area contributed by atoms with Crippen LogP contribution in [0.5, 0.6) is 5.75 Å². The molecule has 32 heavy (non-hydrogen) atoms. The summed E-state index contributed by atoms with van der Waals surface area (Å²) in [5, 5.41) is 2.84. The molecule has 3 aromatic carbocycles. The van der Waals surface area contributed by atoms with E-state index >= 15 is 0 Å². The molecule has 1 aliphatic heterocycles. The molecular formula is C25H24FN3O3. The molecule has 7 heteroatoms. The smallest absolute Gasteiger partial charge is 0.256 e. The number of hydrogen-bond donors (Lipinski definition) is 1. The van der Waals surface area contributed by atoms with Crippen LogP contribution in [0.3, 0.4) is 0 Å². The third-order valence-electron chi connectivity index (χ3n) is 5.52. The Morgan fingerprint density at radius 3 is 2.22 bits per heavy atom. The number of ether oxygens (including phenoxy) is 1. The molecular weight excluding hydrogens is 409 g/mol. The van der Waals surface area contributed by atoms with Gasteiger partial charge in [0.15, 0.2) is 0 Å². The molecule has 164 valence electrons. The SMILES string of the molecule is COc1ccc(C(=O)Nc2ccccc2C(=O)N2CCN(c3ccccc3F)CC2)cc1. The van der Waals surface area contributed by atoms with E-state index in [-0.39, 0.29) is 17.6 Å². The minimum Gasteiger partial charge on any atom is -0.497 e. The molecule has 4 rings (SSSR count). The maximum Gasteiger partial charge on any atom is 0.256 e. The zero-order valence-corrected chi connectivity index (χ0v) is 17.8. The van der Waals surface area contributed by atoms with Crippen molar-refractivity contribution in [3.8, 4) is 5.75 Å². The van der Waals surface area contributed by atoms with Crippen LogP contribution in [-0.4, -0.2) is 50.0 Å². The summed E-state index contributed by atoms with van der Waals surface area (Å²) >= 11 is 0. The van der Waals surface area contributed by atoms with Crippen molar-refractivity contribution < 1.29 is 18.7 Å². The fourth-order valence-corrected chi connectivity index (χ4v) is 3.74. The average Bonchev–Trinajstić information content (AvgIpc) is 2.84. The predicted molar refractivity (Wildman–Crippen MR) is 122 cm³/mol. The lowest BCUT2D eigenvalue weighted by atomic mass is 10.1. The van der Waals surface area contributed by atoms with Crippen molar-refractivity contribution in [1.82, 2.24) is 4.90 Å². The second kappa shape index (κ2) is 9.51. The van der Waals surface area contributed by atoms with E-state index in [2.05, 4.69) is 5.32 Å². The van der Waals surface area contributed by atoms with Crippen molar-refractivity contribution in [3.63, 3.8) is 0 Å². The highest BCUT2D eigenvalue weighted by Gasteiger charge is 2.25. The molecule has 0 aliphatic carbocycles. The van der Waals surface area contributed by atoms with Crippen LogP contribution in [0.15, 0.2) is 72.8 Å². The molecule has 1 saturated heterocycles. The number of anilines is 2. The average molecular weight is 433 g/mol. The summed E-state index contributed by atoms with van der Waals surface area (Å²) < 4.78 is 19.2. The third-order valence-corrected chi connectivity index (χ3v) is 5.52. The lowest BCUT2D eigenvalue weighted by Crippen LogP contribution is -2.49. The molecule has 1 heterocycles. The normalized spacial score (nSPS) is 13.6. The van der Waals surface area contributed by atoms with Gasteiger partial charge in [0.1, 0.15) is 11.6 Å². The lowest BCUT2D eigenvalue weighted by molar-refractivity contribution is 0.0747. The van der Waals surface area contributed by atoms with E-state index in [1.807, 2.05) is 4.90 Å². The topological polar surface area (TPSA) is 61.9 Å². The minimum absolute atomic E-state index is 0.163. The summed E-state index contributed by atoms with van der Waals surface area (Å²) in [6.45, 7) is 2.00. The zero-order valence-electron chi connectivity index (χ0n) is 17.8. The van der Waals surface area contributed by atoms with E-state index in [9.17, 15) is 14.0 Å².